The van der Waals surface area contributed by atoms with Crippen LogP contribution in [-0.2, 0) is 19.6 Å². The van der Waals surface area contributed by atoms with Crippen molar-refractivity contribution in [3.05, 3.63) is 84.2 Å². The highest BCUT2D eigenvalue weighted by Gasteiger charge is 2.23. The molecule has 0 unspecified atom stereocenters. The van der Waals surface area contributed by atoms with Gasteiger partial charge in [0, 0.05) is 6.42 Å². The van der Waals surface area contributed by atoms with E-state index >= 15 is 0 Å². The summed E-state index contributed by atoms with van der Waals surface area (Å²) < 4.78 is 0. The van der Waals surface area contributed by atoms with Crippen LogP contribution < -0.4 is 10.4 Å². The molecular formula is C38H58O6Si2. The summed E-state index contributed by atoms with van der Waals surface area (Å²) >= 11 is 0. The van der Waals surface area contributed by atoms with Crippen LogP contribution in [0, 0.1) is 0 Å². The van der Waals surface area contributed by atoms with E-state index in [1.165, 1.54) is 74.6 Å². The molecule has 8 heteroatoms. The Morgan fingerprint density at radius 3 is 1.24 bits per heavy atom. The molecule has 0 radical (unpaired) electrons. The van der Waals surface area contributed by atoms with Crippen molar-refractivity contribution in [2.45, 2.75) is 129 Å². The summed E-state index contributed by atoms with van der Waals surface area (Å²) in [4.78, 5) is 46.5. The maximum absolute atomic E-state index is 12.7. The number of hydrogen-bond donors (Lipinski definition) is 0. The van der Waals surface area contributed by atoms with E-state index in [9.17, 15) is 9.59 Å². The minimum atomic E-state index is -1.74. The van der Waals surface area contributed by atoms with Crippen molar-refractivity contribution in [2.75, 3.05) is 0 Å². The van der Waals surface area contributed by atoms with Crippen LogP contribution in [0.5, 0.6) is 0 Å². The molecule has 2 rings (SSSR count). The maximum Gasteiger partial charge on any atom is 0.373 e. The molecule has 0 aliphatic heterocycles. The zero-order valence-corrected chi connectivity index (χ0v) is 31.1. The maximum atomic E-state index is 12.7. The molecule has 0 aromatic heterocycles. The number of carbonyl (C=O) groups excluding carboxylic acids is 2. The second-order valence-corrected chi connectivity index (χ2v) is 22.3. The molecule has 2 aromatic carbocycles. The van der Waals surface area contributed by atoms with E-state index < -0.39 is 34.4 Å². The molecule has 46 heavy (non-hydrogen) atoms. The SMILES string of the molecule is C=C[Si](C)(C)c1ccc(C(=O)OOC(CCCCCCCCCCCCCCC)OOC(=O)c2ccc([Si](C)(C)C=C)cc2)cc1. The fourth-order valence-electron chi connectivity index (χ4n) is 5.04. The fourth-order valence-corrected chi connectivity index (χ4v) is 7.56. The zero-order valence-electron chi connectivity index (χ0n) is 29.1. The molecule has 0 bridgehead atoms. The first-order valence-electron chi connectivity index (χ1n) is 17.3. The molecule has 0 atom stereocenters. The fraction of sp³-hybridized carbons (Fsp3) is 0.526. The second kappa shape index (κ2) is 21.2. The van der Waals surface area contributed by atoms with Gasteiger partial charge in [0.25, 0.3) is 0 Å². The van der Waals surface area contributed by atoms with Crippen molar-refractivity contribution >= 4 is 38.5 Å². The van der Waals surface area contributed by atoms with Crippen molar-refractivity contribution in [2.24, 2.45) is 0 Å². The molecule has 0 amide bonds. The minimum absolute atomic E-state index is 0.361. The van der Waals surface area contributed by atoms with Crippen LogP contribution in [0.3, 0.4) is 0 Å². The van der Waals surface area contributed by atoms with Gasteiger partial charge in [-0.3, -0.25) is 9.78 Å². The Morgan fingerprint density at radius 2 is 0.913 bits per heavy atom. The predicted molar refractivity (Wildman–Crippen MR) is 195 cm³/mol. The monoisotopic (exact) mass is 666 g/mol. The lowest BCUT2D eigenvalue weighted by Crippen LogP contribution is -2.39. The summed E-state index contributed by atoms with van der Waals surface area (Å²) in [6.45, 7) is 18.9. The van der Waals surface area contributed by atoms with Crippen molar-refractivity contribution in [1.82, 2.24) is 0 Å². The molecule has 0 N–H and O–H groups in total. The summed E-state index contributed by atoms with van der Waals surface area (Å²) in [5.74, 6) is -1.28. The predicted octanol–water partition coefficient (Wildman–Crippen LogP) is 9.65. The summed E-state index contributed by atoms with van der Waals surface area (Å²) in [5, 5.41) is 2.33. The average molecular weight is 667 g/mol. The van der Waals surface area contributed by atoms with Crippen molar-refractivity contribution in [3.8, 4) is 0 Å². The Bertz CT molecular complexity index is 1110. The van der Waals surface area contributed by atoms with Gasteiger partial charge < -0.3 is 0 Å². The molecule has 0 saturated carbocycles. The highest BCUT2D eigenvalue weighted by molar-refractivity contribution is 6.94. The molecule has 0 fully saturated rings. The second-order valence-electron chi connectivity index (χ2n) is 13.4. The van der Waals surface area contributed by atoms with Crippen molar-refractivity contribution < 1.29 is 29.1 Å². The highest BCUT2D eigenvalue weighted by atomic mass is 28.3. The highest BCUT2D eigenvalue weighted by Crippen LogP contribution is 2.17. The number of unbranched alkanes of at least 4 members (excludes halogenated alkanes) is 12. The Hall–Kier alpha value is -2.79. The number of rotatable bonds is 24. The first kappa shape index (κ1) is 39.4. The van der Waals surface area contributed by atoms with Gasteiger partial charge in [0.1, 0.15) is 16.1 Å². The normalized spacial score (nSPS) is 11.8. The van der Waals surface area contributed by atoms with E-state index in [4.69, 9.17) is 19.6 Å². The summed E-state index contributed by atoms with van der Waals surface area (Å²) in [6.07, 6.45) is 15.4. The van der Waals surface area contributed by atoms with Gasteiger partial charge >= 0.3 is 11.9 Å². The van der Waals surface area contributed by atoms with Crippen LogP contribution in [0.2, 0.25) is 26.2 Å². The lowest BCUT2D eigenvalue weighted by atomic mass is 10.0. The third-order valence-electron chi connectivity index (χ3n) is 8.76. The number of benzene rings is 2. The van der Waals surface area contributed by atoms with Gasteiger partial charge in [0.15, 0.2) is 0 Å². The van der Waals surface area contributed by atoms with Crippen LogP contribution >= 0.6 is 0 Å². The third kappa shape index (κ3) is 14.3. The molecule has 0 aliphatic carbocycles. The topological polar surface area (TPSA) is 71.1 Å². The van der Waals surface area contributed by atoms with Gasteiger partial charge in [0.2, 0.25) is 6.29 Å². The lowest BCUT2D eigenvalue weighted by molar-refractivity contribution is -0.421. The van der Waals surface area contributed by atoms with Crippen LogP contribution in [0.25, 0.3) is 0 Å². The van der Waals surface area contributed by atoms with Gasteiger partial charge in [-0.15, -0.1) is 22.9 Å². The van der Waals surface area contributed by atoms with Crippen molar-refractivity contribution in [1.29, 1.82) is 0 Å². The zero-order chi connectivity index (χ0) is 33.8. The average Bonchev–Trinajstić information content (AvgIpc) is 3.07. The molecule has 0 heterocycles. The van der Waals surface area contributed by atoms with Gasteiger partial charge in [0.05, 0.1) is 11.1 Å². The third-order valence-corrected chi connectivity index (χ3v) is 14.4. The van der Waals surface area contributed by atoms with E-state index in [0.29, 0.717) is 17.5 Å². The lowest BCUT2D eigenvalue weighted by Gasteiger charge is -2.18. The van der Waals surface area contributed by atoms with E-state index in [-0.39, 0.29) is 0 Å². The summed E-state index contributed by atoms with van der Waals surface area (Å²) in [7, 11) is -3.48. The van der Waals surface area contributed by atoms with Crippen LogP contribution in [0.4, 0.5) is 0 Å². The largest absolute Gasteiger partial charge is 0.373 e. The molecular weight excluding hydrogens is 609 g/mol. The molecule has 0 aliphatic rings. The Morgan fingerprint density at radius 1 is 0.587 bits per heavy atom. The van der Waals surface area contributed by atoms with Gasteiger partial charge in [-0.25, -0.2) is 9.59 Å². The van der Waals surface area contributed by atoms with Crippen LogP contribution in [-0.4, -0.2) is 34.4 Å². The standard InChI is InChI=1S/C38H58O6Si2/c1-8-11-12-13-14-15-16-17-18-19-20-21-22-23-36(41-43-37(39)32-24-28-34(29-25-32)45(4,5)9-2)42-44-38(40)33-26-30-35(31-27-33)46(6,7)10-3/h9-10,24-31,36H,2-3,8,11-23H2,1,4-7H3. The first-order valence-corrected chi connectivity index (χ1v) is 23.4. The Kier molecular flexibility index (Phi) is 18.1. The van der Waals surface area contributed by atoms with E-state index in [1.807, 2.05) is 35.7 Å². The van der Waals surface area contributed by atoms with E-state index in [1.54, 1.807) is 24.3 Å². The van der Waals surface area contributed by atoms with Gasteiger partial charge in [-0.05, 0) is 30.7 Å². The number of carbonyl (C=O) groups is 2. The Labute approximate surface area is 280 Å². The molecule has 6 nitrogen and oxygen atoms in total. The molecule has 254 valence electrons. The van der Waals surface area contributed by atoms with Gasteiger partial charge in [-0.1, -0.05) is 156 Å². The molecule has 2 aromatic rings. The summed E-state index contributed by atoms with van der Waals surface area (Å²) in [5.41, 5.74) is 4.73. The minimum Gasteiger partial charge on any atom is -0.290 e. The van der Waals surface area contributed by atoms with Gasteiger partial charge in [-0.2, -0.15) is 0 Å². The van der Waals surface area contributed by atoms with Crippen LogP contribution in [0.15, 0.2) is 73.1 Å². The quantitative estimate of drug-likeness (QED) is 0.0365. The van der Waals surface area contributed by atoms with E-state index in [0.717, 1.165) is 19.3 Å². The molecule has 0 saturated heterocycles. The number of hydrogen-bond acceptors (Lipinski definition) is 6. The smallest absolute Gasteiger partial charge is 0.290 e. The van der Waals surface area contributed by atoms with Crippen molar-refractivity contribution in [3.63, 3.8) is 0 Å². The molecule has 0 spiro atoms. The van der Waals surface area contributed by atoms with Crippen LogP contribution in [0.1, 0.15) is 118 Å². The first-order chi connectivity index (χ1) is 22.0. The van der Waals surface area contributed by atoms with E-state index in [2.05, 4.69) is 46.3 Å². The summed E-state index contributed by atoms with van der Waals surface area (Å²) in [6, 6.07) is 14.6. The Balaban J connectivity index is 1.86.